The summed E-state index contributed by atoms with van der Waals surface area (Å²) in [5.41, 5.74) is 2.84. The van der Waals surface area contributed by atoms with Crippen molar-refractivity contribution < 1.29 is 9.53 Å². The lowest BCUT2D eigenvalue weighted by atomic mass is 9.89. The van der Waals surface area contributed by atoms with Gasteiger partial charge in [-0.2, -0.15) is 0 Å². The Morgan fingerprint density at radius 1 is 1.22 bits per heavy atom. The van der Waals surface area contributed by atoms with Crippen LogP contribution in [0.1, 0.15) is 55.8 Å². The second-order valence-corrected chi connectivity index (χ2v) is 4.97. The molecule has 18 heavy (non-hydrogen) atoms. The molecule has 1 aliphatic rings. The molecule has 2 heteroatoms. The van der Waals surface area contributed by atoms with Crippen molar-refractivity contribution >= 4 is 6.29 Å². The summed E-state index contributed by atoms with van der Waals surface area (Å²) in [5, 5.41) is 0. The molecule has 0 radical (unpaired) electrons. The van der Waals surface area contributed by atoms with E-state index in [-0.39, 0.29) is 0 Å². The van der Waals surface area contributed by atoms with Crippen LogP contribution in [-0.4, -0.2) is 12.9 Å². The van der Waals surface area contributed by atoms with Crippen LogP contribution < -0.4 is 0 Å². The van der Waals surface area contributed by atoms with Gasteiger partial charge < -0.3 is 9.53 Å². The zero-order chi connectivity index (χ0) is 12.6. The van der Waals surface area contributed by atoms with Gasteiger partial charge in [0.2, 0.25) is 0 Å². The lowest BCUT2D eigenvalue weighted by Crippen LogP contribution is -2.13. The zero-order valence-electron chi connectivity index (χ0n) is 10.9. The number of aryl methyl sites for hydroxylation is 1. The van der Waals surface area contributed by atoms with Gasteiger partial charge in [-0.05, 0) is 43.2 Å². The Bertz CT molecular complexity index is 373. The topological polar surface area (TPSA) is 26.3 Å². The van der Waals surface area contributed by atoms with Crippen molar-refractivity contribution in [3.05, 3.63) is 35.4 Å². The van der Waals surface area contributed by atoms with Crippen molar-refractivity contribution in [2.45, 2.75) is 51.0 Å². The van der Waals surface area contributed by atoms with Gasteiger partial charge in [-0.1, -0.05) is 30.7 Å². The van der Waals surface area contributed by atoms with Gasteiger partial charge in [0.25, 0.3) is 0 Å². The molecule has 0 bridgehead atoms. The highest BCUT2D eigenvalue weighted by Gasteiger charge is 2.19. The van der Waals surface area contributed by atoms with Gasteiger partial charge in [0.05, 0.1) is 6.10 Å². The van der Waals surface area contributed by atoms with Crippen molar-refractivity contribution in [1.82, 2.24) is 0 Å². The fourth-order valence-electron chi connectivity index (χ4n) is 2.61. The first-order valence-electron chi connectivity index (χ1n) is 7.05. The van der Waals surface area contributed by atoms with E-state index < -0.39 is 0 Å². The third-order valence-corrected chi connectivity index (χ3v) is 3.60. The summed E-state index contributed by atoms with van der Waals surface area (Å²) in [6.45, 7) is 0.817. The van der Waals surface area contributed by atoms with Gasteiger partial charge in [0.15, 0.2) is 0 Å². The molecule has 2 rings (SSSR count). The number of rotatable bonds is 7. The molecule has 1 aliphatic carbocycles. The smallest absolute Gasteiger partial charge is 0.119 e. The number of unbranched alkanes of at least 4 members (excludes halogenated alkanes) is 3. The maximum Gasteiger partial charge on any atom is 0.119 e. The first kappa shape index (κ1) is 13.3. The number of aldehydes is 1. The highest BCUT2D eigenvalue weighted by molar-refractivity contribution is 5.48. The summed E-state index contributed by atoms with van der Waals surface area (Å²) < 4.78 is 6.00. The van der Waals surface area contributed by atoms with Crippen molar-refractivity contribution in [2.24, 2.45) is 0 Å². The van der Waals surface area contributed by atoms with Crippen molar-refractivity contribution in [2.75, 3.05) is 6.61 Å². The highest BCUT2D eigenvalue weighted by atomic mass is 16.5. The molecule has 98 valence electrons. The molecule has 1 unspecified atom stereocenters. The number of hydrogen-bond donors (Lipinski definition) is 0. The third-order valence-electron chi connectivity index (χ3n) is 3.60. The molecule has 0 fully saturated rings. The van der Waals surface area contributed by atoms with Crippen LogP contribution in [0.15, 0.2) is 24.3 Å². The van der Waals surface area contributed by atoms with Crippen LogP contribution in [-0.2, 0) is 16.0 Å². The molecule has 1 atom stereocenters. The monoisotopic (exact) mass is 246 g/mol. The van der Waals surface area contributed by atoms with E-state index in [1.807, 2.05) is 0 Å². The van der Waals surface area contributed by atoms with Crippen LogP contribution in [0.3, 0.4) is 0 Å². The maximum absolute atomic E-state index is 10.2. The molecular weight excluding hydrogens is 224 g/mol. The molecule has 0 spiro atoms. The van der Waals surface area contributed by atoms with Gasteiger partial charge in [-0.15, -0.1) is 0 Å². The van der Waals surface area contributed by atoms with E-state index in [0.717, 1.165) is 38.6 Å². The number of ether oxygens (including phenoxy) is 1. The van der Waals surface area contributed by atoms with E-state index in [0.29, 0.717) is 12.5 Å². The van der Waals surface area contributed by atoms with E-state index in [4.69, 9.17) is 4.74 Å². The fraction of sp³-hybridized carbons (Fsp3) is 0.562. The number of carbonyl (C=O) groups is 1. The maximum atomic E-state index is 10.2. The quantitative estimate of drug-likeness (QED) is 0.539. The van der Waals surface area contributed by atoms with Gasteiger partial charge in [0.1, 0.15) is 6.29 Å². The molecule has 0 amide bonds. The summed E-state index contributed by atoms with van der Waals surface area (Å²) in [7, 11) is 0. The Hall–Kier alpha value is -1.15. The average molecular weight is 246 g/mol. The van der Waals surface area contributed by atoms with Gasteiger partial charge >= 0.3 is 0 Å². The summed E-state index contributed by atoms with van der Waals surface area (Å²) in [5.74, 6) is 0. The van der Waals surface area contributed by atoms with Crippen LogP contribution in [0.2, 0.25) is 0 Å². The van der Waals surface area contributed by atoms with Crippen LogP contribution in [0.5, 0.6) is 0 Å². The standard InChI is InChI=1S/C16H22O2/c17-12-5-1-2-6-13-18-16-11-7-9-14-8-3-4-10-15(14)16/h3-4,8,10,12,16H,1-2,5-7,9,11,13H2. The lowest BCUT2D eigenvalue weighted by molar-refractivity contribution is -0.107. The van der Waals surface area contributed by atoms with Gasteiger partial charge in [-0.3, -0.25) is 0 Å². The van der Waals surface area contributed by atoms with E-state index in [1.54, 1.807) is 0 Å². The number of fused-ring (bicyclic) bond motifs is 1. The summed E-state index contributed by atoms with van der Waals surface area (Å²) in [4.78, 5) is 10.2. The minimum Gasteiger partial charge on any atom is -0.374 e. The van der Waals surface area contributed by atoms with E-state index in [1.165, 1.54) is 24.0 Å². The van der Waals surface area contributed by atoms with Crippen molar-refractivity contribution in [1.29, 1.82) is 0 Å². The predicted molar refractivity (Wildman–Crippen MR) is 72.6 cm³/mol. The average Bonchev–Trinajstić information content (AvgIpc) is 2.43. The molecule has 0 N–H and O–H groups in total. The van der Waals surface area contributed by atoms with Crippen LogP contribution in [0.25, 0.3) is 0 Å². The second kappa shape index (κ2) is 7.32. The van der Waals surface area contributed by atoms with E-state index in [9.17, 15) is 4.79 Å². The Labute approximate surface area is 109 Å². The summed E-state index contributed by atoms with van der Waals surface area (Å²) in [6.07, 6.45) is 8.69. The van der Waals surface area contributed by atoms with E-state index in [2.05, 4.69) is 24.3 Å². The lowest BCUT2D eigenvalue weighted by Gasteiger charge is -2.25. The Kier molecular flexibility index (Phi) is 5.40. The van der Waals surface area contributed by atoms with Crippen LogP contribution in [0, 0.1) is 0 Å². The molecular formula is C16H22O2. The number of carbonyl (C=O) groups excluding carboxylic acids is 1. The van der Waals surface area contributed by atoms with Crippen molar-refractivity contribution in [3.8, 4) is 0 Å². The normalized spacial score (nSPS) is 18.3. The molecule has 0 aromatic heterocycles. The summed E-state index contributed by atoms with van der Waals surface area (Å²) in [6, 6.07) is 8.63. The number of benzene rings is 1. The Morgan fingerprint density at radius 2 is 2.11 bits per heavy atom. The molecule has 0 saturated carbocycles. The predicted octanol–water partition coefficient (Wildman–Crippen LogP) is 3.84. The minimum absolute atomic E-state index is 0.293. The van der Waals surface area contributed by atoms with E-state index >= 15 is 0 Å². The Balaban J connectivity index is 1.75. The van der Waals surface area contributed by atoms with Gasteiger partial charge in [0, 0.05) is 13.0 Å². The second-order valence-electron chi connectivity index (χ2n) is 4.97. The molecule has 0 heterocycles. The molecule has 2 nitrogen and oxygen atoms in total. The van der Waals surface area contributed by atoms with Gasteiger partial charge in [-0.25, -0.2) is 0 Å². The first-order valence-corrected chi connectivity index (χ1v) is 7.05. The molecule has 0 saturated heterocycles. The fourth-order valence-corrected chi connectivity index (χ4v) is 2.61. The zero-order valence-corrected chi connectivity index (χ0v) is 10.9. The largest absolute Gasteiger partial charge is 0.374 e. The summed E-state index contributed by atoms with van der Waals surface area (Å²) >= 11 is 0. The number of hydrogen-bond acceptors (Lipinski definition) is 2. The molecule has 0 aliphatic heterocycles. The first-order chi connectivity index (χ1) is 8.92. The van der Waals surface area contributed by atoms with Crippen LogP contribution >= 0.6 is 0 Å². The van der Waals surface area contributed by atoms with Crippen molar-refractivity contribution in [3.63, 3.8) is 0 Å². The SMILES string of the molecule is O=CCCCCCOC1CCCc2ccccc21. The minimum atomic E-state index is 0.293. The highest BCUT2D eigenvalue weighted by Crippen LogP contribution is 2.32. The molecule has 1 aromatic carbocycles. The molecule has 1 aromatic rings. The Morgan fingerprint density at radius 3 is 3.00 bits per heavy atom. The van der Waals surface area contributed by atoms with Crippen LogP contribution in [0.4, 0.5) is 0 Å². The third kappa shape index (κ3) is 3.67.